The highest BCUT2D eigenvalue weighted by molar-refractivity contribution is 14.1. The van der Waals surface area contributed by atoms with Crippen LogP contribution in [0.2, 0.25) is 0 Å². The van der Waals surface area contributed by atoms with Gasteiger partial charge in [-0.25, -0.2) is 0 Å². The van der Waals surface area contributed by atoms with Crippen molar-refractivity contribution in [2.45, 2.75) is 0 Å². The molecule has 0 aliphatic carbocycles. The Balaban J connectivity index is 0. The van der Waals surface area contributed by atoms with Crippen molar-refractivity contribution in [2.75, 3.05) is 18.0 Å². The molecule has 0 aromatic heterocycles. The number of hydrogen-bond acceptors (Lipinski definition) is 3. The summed E-state index contributed by atoms with van der Waals surface area (Å²) in [5, 5.41) is 3.01. The van der Waals surface area contributed by atoms with Gasteiger partial charge in [0, 0.05) is 11.0 Å². The van der Waals surface area contributed by atoms with Gasteiger partial charge in [-0.15, -0.1) is 0 Å². The maximum atomic E-state index is 8.74. The van der Waals surface area contributed by atoms with E-state index in [-0.39, 0.29) is 0 Å². The molecule has 0 aliphatic heterocycles. The molecule has 10 heavy (non-hydrogen) atoms. The van der Waals surface area contributed by atoms with E-state index in [1.807, 2.05) is 7.05 Å². The minimum atomic E-state index is -4.67. The number of hydrogen-bond donors (Lipinski definition) is 3. The maximum Gasteiger partial charge on any atom is 0.394 e. The van der Waals surface area contributed by atoms with Crippen LogP contribution in [0.3, 0.4) is 0 Å². The molecular formula is C3H10INO4S. The first-order valence-corrected chi connectivity index (χ1v) is 5.24. The molecular weight excluding hydrogens is 273 g/mol. The number of nitrogens with one attached hydrogen (secondary N) is 1. The summed E-state index contributed by atoms with van der Waals surface area (Å²) in [6.07, 6.45) is 0. The summed E-state index contributed by atoms with van der Waals surface area (Å²) in [6, 6.07) is 0. The molecule has 0 rings (SSSR count). The Morgan fingerprint density at radius 2 is 1.80 bits per heavy atom. The highest BCUT2D eigenvalue weighted by Gasteiger charge is 1.84. The molecule has 64 valence electrons. The second-order valence-corrected chi connectivity index (χ2v) is 3.21. The quantitative estimate of drug-likeness (QED) is 0.377. The standard InChI is InChI=1S/C3H8IN.H2O4S/c1-5-3-2-4;1-5(2,3)4/h5H,2-3H2,1H3;(H2,1,2,3,4). The molecule has 0 heterocycles. The van der Waals surface area contributed by atoms with Gasteiger partial charge in [-0.05, 0) is 7.05 Å². The van der Waals surface area contributed by atoms with Crippen LogP contribution in [0.1, 0.15) is 0 Å². The lowest BCUT2D eigenvalue weighted by atomic mass is 10.8. The van der Waals surface area contributed by atoms with Crippen LogP contribution in [0, 0.1) is 0 Å². The largest absolute Gasteiger partial charge is 0.394 e. The topological polar surface area (TPSA) is 86.6 Å². The minimum Gasteiger partial charge on any atom is -0.319 e. The first-order chi connectivity index (χ1) is 4.41. The maximum absolute atomic E-state index is 8.74. The molecule has 0 atom stereocenters. The van der Waals surface area contributed by atoms with Gasteiger partial charge in [-0.3, -0.25) is 9.11 Å². The fourth-order valence-electron chi connectivity index (χ4n) is 0.0945. The van der Waals surface area contributed by atoms with Crippen molar-refractivity contribution >= 4 is 33.0 Å². The fourth-order valence-corrected chi connectivity index (χ4v) is 0.634. The Labute approximate surface area is 73.9 Å². The lowest BCUT2D eigenvalue weighted by Crippen LogP contribution is -2.07. The SMILES string of the molecule is CNCCI.O=S(=O)(O)O. The van der Waals surface area contributed by atoms with Gasteiger partial charge < -0.3 is 5.32 Å². The predicted octanol–water partition coefficient (Wildman–Crippen LogP) is -0.0120. The van der Waals surface area contributed by atoms with Gasteiger partial charge in [0.2, 0.25) is 0 Å². The highest BCUT2D eigenvalue weighted by atomic mass is 127. The predicted molar refractivity (Wildman–Crippen MR) is 47.0 cm³/mol. The number of halogens is 1. The smallest absolute Gasteiger partial charge is 0.319 e. The summed E-state index contributed by atoms with van der Waals surface area (Å²) in [5.41, 5.74) is 0. The zero-order chi connectivity index (χ0) is 8.62. The summed E-state index contributed by atoms with van der Waals surface area (Å²) < 4.78 is 32.8. The second-order valence-electron chi connectivity index (χ2n) is 1.24. The van der Waals surface area contributed by atoms with Crippen LogP contribution < -0.4 is 5.32 Å². The first-order valence-electron chi connectivity index (χ1n) is 2.32. The van der Waals surface area contributed by atoms with Crippen LogP contribution in [0.15, 0.2) is 0 Å². The van der Waals surface area contributed by atoms with Crippen molar-refractivity contribution in [3.05, 3.63) is 0 Å². The average Bonchev–Trinajstić information content (AvgIpc) is 1.63. The van der Waals surface area contributed by atoms with Gasteiger partial charge >= 0.3 is 10.4 Å². The van der Waals surface area contributed by atoms with E-state index in [0.29, 0.717) is 0 Å². The first kappa shape index (κ1) is 13.2. The Hall–Kier alpha value is 0.560. The van der Waals surface area contributed by atoms with Crippen LogP contribution in [0.4, 0.5) is 0 Å². The second kappa shape index (κ2) is 7.66. The van der Waals surface area contributed by atoms with Crippen molar-refractivity contribution in [3.8, 4) is 0 Å². The highest BCUT2D eigenvalue weighted by Crippen LogP contribution is 1.72. The molecule has 5 nitrogen and oxygen atoms in total. The summed E-state index contributed by atoms with van der Waals surface area (Å²) >= 11 is 2.32. The molecule has 0 saturated heterocycles. The molecule has 0 radical (unpaired) electrons. The third kappa shape index (κ3) is 74.7. The van der Waals surface area contributed by atoms with E-state index in [2.05, 4.69) is 27.9 Å². The molecule has 7 heteroatoms. The van der Waals surface area contributed by atoms with E-state index >= 15 is 0 Å². The monoisotopic (exact) mass is 283 g/mol. The van der Waals surface area contributed by atoms with Gasteiger partial charge in [0.05, 0.1) is 0 Å². The van der Waals surface area contributed by atoms with Crippen molar-refractivity contribution in [3.63, 3.8) is 0 Å². The molecule has 0 bridgehead atoms. The lowest BCUT2D eigenvalue weighted by molar-refractivity contribution is 0.381. The van der Waals surface area contributed by atoms with Crippen LogP contribution in [-0.2, 0) is 10.4 Å². The molecule has 0 spiro atoms. The van der Waals surface area contributed by atoms with Gasteiger partial charge in [0.1, 0.15) is 0 Å². The summed E-state index contributed by atoms with van der Waals surface area (Å²) in [6.45, 7) is 1.13. The molecule has 0 unspecified atom stereocenters. The van der Waals surface area contributed by atoms with Crippen LogP contribution >= 0.6 is 22.6 Å². The molecule has 0 aliphatic rings. The Kier molecular flexibility index (Phi) is 10.1. The molecule has 0 amide bonds. The van der Waals surface area contributed by atoms with E-state index < -0.39 is 10.4 Å². The van der Waals surface area contributed by atoms with Gasteiger partial charge in [-0.2, -0.15) is 8.42 Å². The zero-order valence-electron chi connectivity index (χ0n) is 5.41. The molecule has 3 N–H and O–H groups in total. The molecule has 0 aromatic rings. The fraction of sp³-hybridized carbons (Fsp3) is 1.00. The molecule has 0 aromatic carbocycles. The number of alkyl halides is 1. The normalized spacial score (nSPS) is 10.0. The van der Waals surface area contributed by atoms with E-state index in [9.17, 15) is 0 Å². The van der Waals surface area contributed by atoms with E-state index in [0.717, 1.165) is 6.54 Å². The molecule has 0 saturated carbocycles. The van der Waals surface area contributed by atoms with Crippen LogP contribution in [0.25, 0.3) is 0 Å². The Morgan fingerprint density at radius 1 is 1.50 bits per heavy atom. The van der Waals surface area contributed by atoms with Crippen molar-refractivity contribution in [2.24, 2.45) is 0 Å². The van der Waals surface area contributed by atoms with E-state index in [4.69, 9.17) is 17.5 Å². The van der Waals surface area contributed by atoms with Crippen molar-refractivity contribution < 1.29 is 17.5 Å². The number of rotatable bonds is 2. The van der Waals surface area contributed by atoms with Gasteiger partial charge in [0.15, 0.2) is 0 Å². The summed E-state index contributed by atoms with van der Waals surface area (Å²) in [5.74, 6) is 0. The third-order valence-corrected chi connectivity index (χ3v) is 0.884. The Bertz CT molecular complexity index is 135. The van der Waals surface area contributed by atoms with E-state index in [1.54, 1.807) is 0 Å². The minimum absolute atomic E-state index is 1.13. The zero-order valence-corrected chi connectivity index (χ0v) is 8.39. The van der Waals surface area contributed by atoms with Gasteiger partial charge in [0.25, 0.3) is 0 Å². The van der Waals surface area contributed by atoms with Crippen LogP contribution in [-0.4, -0.2) is 35.5 Å². The summed E-state index contributed by atoms with van der Waals surface area (Å²) in [7, 11) is -2.71. The van der Waals surface area contributed by atoms with Crippen molar-refractivity contribution in [1.82, 2.24) is 5.32 Å². The third-order valence-electron chi connectivity index (χ3n) is 0.344. The summed E-state index contributed by atoms with van der Waals surface area (Å²) in [4.78, 5) is 0. The molecule has 0 fully saturated rings. The lowest BCUT2D eigenvalue weighted by Gasteiger charge is -1.83. The van der Waals surface area contributed by atoms with Crippen LogP contribution in [0.5, 0.6) is 0 Å². The van der Waals surface area contributed by atoms with Crippen molar-refractivity contribution in [1.29, 1.82) is 0 Å². The Morgan fingerprint density at radius 3 is 1.80 bits per heavy atom. The van der Waals surface area contributed by atoms with E-state index in [1.165, 1.54) is 4.43 Å². The average molecular weight is 283 g/mol. The van der Waals surface area contributed by atoms with Gasteiger partial charge in [-0.1, -0.05) is 22.6 Å².